The van der Waals surface area contributed by atoms with Gasteiger partial charge in [0.15, 0.2) is 5.82 Å². The third-order valence-electron chi connectivity index (χ3n) is 4.65. The number of rotatable bonds is 4. The fraction of sp³-hybridized carbons (Fsp3) is 0.867. The Kier molecular flexibility index (Phi) is 3.82. The van der Waals surface area contributed by atoms with Gasteiger partial charge in [-0.05, 0) is 37.8 Å². The Morgan fingerprint density at radius 2 is 2.35 bits per heavy atom. The zero-order valence-electron chi connectivity index (χ0n) is 12.9. The van der Waals surface area contributed by atoms with E-state index >= 15 is 0 Å². The maximum Gasteiger partial charge on any atom is 0.229 e. The Morgan fingerprint density at radius 3 is 3.00 bits per heavy atom. The van der Waals surface area contributed by atoms with Gasteiger partial charge in [0.1, 0.15) is 0 Å². The summed E-state index contributed by atoms with van der Waals surface area (Å²) in [4.78, 5) is 7.16. The second kappa shape index (κ2) is 5.45. The van der Waals surface area contributed by atoms with E-state index in [2.05, 4.69) is 41.1 Å². The van der Waals surface area contributed by atoms with Gasteiger partial charge in [-0.2, -0.15) is 4.98 Å². The molecule has 0 bridgehead atoms. The molecule has 2 aliphatic heterocycles. The molecule has 0 amide bonds. The van der Waals surface area contributed by atoms with Crippen LogP contribution in [0.3, 0.4) is 0 Å². The van der Waals surface area contributed by atoms with Crippen molar-refractivity contribution in [1.29, 1.82) is 0 Å². The first-order valence-corrected chi connectivity index (χ1v) is 7.86. The molecule has 1 aromatic rings. The summed E-state index contributed by atoms with van der Waals surface area (Å²) < 4.78 is 5.38. The molecule has 112 valence electrons. The summed E-state index contributed by atoms with van der Waals surface area (Å²) in [5.74, 6) is 1.96. The molecule has 2 fully saturated rings. The average Bonchev–Trinajstić information content (AvgIpc) is 3.09. The predicted molar refractivity (Wildman–Crippen MR) is 77.5 cm³/mol. The van der Waals surface area contributed by atoms with Gasteiger partial charge in [0.05, 0.1) is 6.04 Å². The minimum absolute atomic E-state index is 0.308. The summed E-state index contributed by atoms with van der Waals surface area (Å²) in [6.07, 6.45) is 3.65. The molecule has 0 saturated carbocycles. The third kappa shape index (κ3) is 2.74. The second-order valence-electron chi connectivity index (χ2n) is 7.01. The Bertz CT molecular complexity index is 450. The van der Waals surface area contributed by atoms with Crippen LogP contribution in [-0.2, 0) is 0 Å². The van der Waals surface area contributed by atoms with E-state index in [1.807, 2.05) is 0 Å². The van der Waals surface area contributed by atoms with Crippen LogP contribution in [0, 0.1) is 5.41 Å². The lowest BCUT2D eigenvalue weighted by molar-refractivity contribution is 0.159. The molecule has 5 nitrogen and oxygen atoms in total. The molecule has 2 aliphatic rings. The molecule has 0 aliphatic carbocycles. The minimum atomic E-state index is 0.308. The van der Waals surface area contributed by atoms with Gasteiger partial charge >= 0.3 is 0 Å². The quantitative estimate of drug-likeness (QED) is 0.916. The van der Waals surface area contributed by atoms with E-state index in [4.69, 9.17) is 4.52 Å². The lowest BCUT2D eigenvalue weighted by Gasteiger charge is -2.31. The molecule has 2 saturated heterocycles. The smallest absolute Gasteiger partial charge is 0.229 e. The highest BCUT2D eigenvalue weighted by atomic mass is 16.5. The third-order valence-corrected chi connectivity index (χ3v) is 4.65. The minimum Gasteiger partial charge on any atom is -0.339 e. The molecule has 5 heteroatoms. The Balaban J connectivity index is 1.71. The standard InChI is InChI=1S/C15H26N4O/c1-11(2)14-17-13(18-20-14)12-5-4-8-19(12)10-15(3)6-7-16-9-15/h11-12,16H,4-10H2,1-3H3. The Morgan fingerprint density at radius 1 is 1.50 bits per heavy atom. The predicted octanol–water partition coefficient (Wildman–Crippen LogP) is 2.33. The van der Waals surface area contributed by atoms with Gasteiger partial charge < -0.3 is 9.84 Å². The molecule has 0 spiro atoms. The first kappa shape index (κ1) is 14.0. The lowest BCUT2D eigenvalue weighted by atomic mass is 9.89. The maximum atomic E-state index is 5.38. The Hall–Kier alpha value is -0.940. The van der Waals surface area contributed by atoms with Crippen molar-refractivity contribution in [1.82, 2.24) is 20.4 Å². The second-order valence-corrected chi connectivity index (χ2v) is 7.01. The van der Waals surface area contributed by atoms with Gasteiger partial charge in [-0.25, -0.2) is 0 Å². The van der Waals surface area contributed by atoms with Crippen molar-refractivity contribution in [2.45, 2.75) is 52.0 Å². The fourth-order valence-electron chi connectivity index (χ4n) is 3.42. The number of likely N-dealkylation sites (tertiary alicyclic amines) is 1. The summed E-state index contributed by atoms with van der Waals surface area (Å²) in [7, 11) is 0. The van der Waals surface area contributed by atoms with Crippen molar-refractivity contribution in [2.75, 3.05) is 26.2 Å². The molecule has 0 radical (unpaired) electrons. The summed E-state index contributed by atoms with van der Waals surface area (Å²) >= 11 is 0. The first-order chi connectivity index (χ1) is 9.57. The number of nitrogens with one attached hydrogen (secondary N) is 1. The molecule has 1 N–H and O–H groups in total. The van der Waals surface area contributed by atoms with Gasteiger partial charge in [0, 0.05) is 19.0 Å². The highest BCUT2D eigenvalue weighted by Gasteiger charge is 2.37. The molecule has 1 aromatic heterocycles. The van der Waals surface area contributed by atoms with Crippen LogP contribution in [0.25, 0.3) is 0 Å². The zero-order chi connectivity index (χ0) is 14.2. The molecular formula is C15H26N4O. The largest absolute Gasteiger partial charge is 0.339 e. The Labute approximate surface area is 121 Å². The summed E-state index contributed by atoms with van der Waals surface area (Å²) in [5.41, 5.74) is 0.396. The van der Waals surface area contributed by atoms with Crippen molar-refractivity contribution in [2.24, 2.45) is 5.41 Å². The highest BCUT2D eigenvalue weighted by molar-refractivity contribution is 5.01. The lowest BCUT2D eigenvalue weighted by Crippen LogP contribution is -2.37. The zero-order valence-corrected chi connectivity index (χ0v) is 12.9. The summed E-state index contributed by atoms with van der Waals surface area (Å²) in [6.45, 7) is 11.1. The van der Waals surface area contributed by atoms with Crippen LogP contribution >= 0.6 is 0 Å². The summed E-state index contributed by atoms with van der Waals surface area (Å²) in [5, 5.41) is 7.71. The monoisotopic (exact) mass is 278 g/mol. The molecule has 20 heavy (non-hydrogen) atoms. The molecule has 3 rings (SSSR count). The molecule has 2 atom stereocenters. The van der Waals surface area contributed by atoms with Crippen LogP contribution in [0.15, 0.2) is 4.52 Å². The first-order valence-electron chi connectivity index (χ1n) is 7.86. The van der Waals surface area contributed by atoms with Crippen molar-refractivity contribution in [3.8, 4) is 0 Å². The van der Waals surface area contributed by atoms with Gasteiger partial charge in [0.2, 0.25) is 5.89 Å². The van der Waals surface area contributed by atoms with E-state index in [0.717, 1.165) is 44.3 Å². The van der Waals surface area contributed by atoms with Gasteiger partial charge in [0.25, 0.3) is 0 Å². The van der Waals surface area contributed by atoms with Crippen LogP contribution in [0.2, 0.25) is 0 Å². The number of aromatic nitrogens is 2. The van der Waals surface area contributed by atoms with Crippen LogP contribution < -0.4 is 5.32 Å². The van der Waals surface area contributed by atoms with Gasteiger partial charge in [-0.3, -0.25) is 4.90 Å². The van der Waals surface area contributed by atoms with E-state index < -0.39 is 0 Å². The molecule has 2 unspecified atom stereocenters. The van der Waals surface area contributed by atoms with Crippen molar-refractivity contribution in [3.63, 3.8) is 0 Å². The van der Waals surface area contributed by atoms with Crippen molar-refractivity contribution >= 4 is 0 Å². The fourth-order valence-corrected chi connectivity index (χ4v) is 3.42. The molecule has 0 aromatic carbocycles. The molecule has 3 heterocycles. The molecular weight excluding hydrogens is 252 g/mol. The van der Waals surface area contributed by atoms with E-state index in [1.165, 1.54) is 12.8 Å². The average molecular weight is 278 g/mol. The van der Waals surface area contributed by atoms with E-state index in [9.17, 15) is 0 Å². The van der Waals surface area contributed by atoms with Gasteiger partial charge in [-0.15, -0.1) is 0 Å². The summed E-state index contributed by atoms with van der Waals surface area (Å²) in [6, 6.07) is 0.351. The highest BCUT2D eigenvalue weighted by Crippen LogP contribution is 2.35. The topological polar surface area (TPSA) is 54.2 Å². The van der Waals surface area contributed by atoms with Crippen LogP contribution in [0.4, 0.5) is 0 Å². The van der Waals surface area contributed by atoms with E-state index in [-0.39, 0.29) is 0 Å². The SMILES string of the molecule is CC(C)c1nc(C2CCCN2CC2(C)CCNC2)no1. The van der Waals surface area contributed by atoms with Crippen LogP contribution in [0.1, 0.15) is 63.7 Å². The number of hydrogen-bond acceptors (Lipinski definition) is 5. The van der Waals surface area contributed by atoms with Crippen molar-refractivity contribution < 1.29 is 4.52 Å². The van der Waals surface area contributed by atoms with Crippen LogP contribution in [0.5, 0.6) is 0 Å². The van der Waals surface area contributed by atoms with E-state index in [1.54, 1.807) is 0 Å². The maximum absolute atomic E-state index is 5.38. The number of nitrogens with zero attached hydrogens (tertiary/aromatic N) is 3. The van der Waals surface area contributed by atoms with E-state index in [0.29, 0.717) is 17.4 Å². The van der Waals surface area contributed by atoms with Crippen LogP contribution in [-0.4, -0.2) is 41.2 Å². The normalized spacial score (nSPS) is 31.5. The van der Waals surface area contributed by atoms with Crippen molar-refractivity contribution in [3.05, 3.63) is 11.7 Å². The number of hydrogen-bond donors (Lipinski definition) is 1. The van der Waals surface area contributed by atoms with Gasteiger partial charge in [-0.1, -0.05) is 25.9 Å².